The highest BCUT2D eigenvalue weighted by atomic mass is 79.9. The first-order chi connectivity index (χ1) is 3.79. The van der Waals surface area contributed by atoms with E-state index in [-0.39, 0.29) is 0 Å². The summed E-state index contributed by atoms with van der Waals surface area (Å²) in [5, 5.41) is 0. The summed E-state index contributed by atoms with van der Waals surface area (Å²) in [7, 11) is 0. The van der Waals surface area contributed by atoms with Crippen LogP contribution in [0.15, 0.2) is 4.99 Å². The van der Waals surface area contributed by atoms with Crippen LogP contribution in [0.25, 0.3) is 0 Å². The average molecular weight is 243 g/mol. The number of nitrogens with zero attached hydrogens (tertiary/aromatic N) is 3. The predicted octanol–water partition coefficient (Wildman–Crippen LogP) is 1.17. The highest BCUT2D eigenvalue weighted by molar-refractivity contribution is 9.08. The summed E-state index contributed by atoms with van der Waals surface area (Å²) in [5.74, 6) is 0. The van der Waals surface area contributed by atoms with E-state index in [0.717, 1.165) is 13.3 Å². The van der Waals surface area contributed by atoms with E-state index in [1.807, 2.05) is 7.85 Å². The lowest BCUT2D eigenvalue weighted by molar-refractivity contribution is 0.409. The van der Waals surface area contributed by atoms with Crippen LogP contribution in [0.1, 0.15) is 0 Å². The van der Waals surface area contributed by atoms with E-state index in [1.54, 1.807) is 6.34 Å². The van der Waals surface area contributed by atoms with Crippen LogP contribution in [0.3, 0.4) is 0 Å². The Bertz CT molecular complexity index is 105. The fourth-order valence-corrected chi connectivity index (χ4v) is 1.51. The van der Waals surface area contributed by atoms with Gasteiger partial charge in [0, 0.05) is 16.1 Å². The van der Waals surface area contributed by atoms with Crippen molar-refractivity contribution >= 4 is 38.6 Å². The second kappa shape index (κ2) is 2.80. The van der Waals surface area contributed by atoms with E-state index >= 15 is 0 Å². The maximum atomic E-state index is 3.97. The molecule has 0 radical (unpaired) electrons. The van der Waals surface area contributed by atoms with Crippen LogP contribution in [0.2, 0.25) is 0 Å². The van der Waals surface area contributed by atoms with Gasteiger partial charge in [-0.2, -0.15) is 0 Å². The molecule has 1 aliphatic heterocycles. The molecule has 0 atom stereocenters. The molecule has 0 saturated heterocycles. The first-order valence-corrected chi connectivity index (χ1v) is 3.54. The molecule has 0 amide bonds. The Hall–Kier alpha value is 0.390. The standard InChI is InChI=1S/C3H5Br2N3/c4-7-1-6-2-8(5)3-7/h1H,2-3H2. The Morgan fingerprint density at radius 2 is 2.25 bits per heavy atom. The van der Waals surface area contributed by atoms with Crippen LogP contribution in [0, 0.1) is 0 Å². The van der Waals surface area contributed by atoms with Gasteiger partial charge in [0.2, 0.25) is 0 Å². The summed E-state index contributed by atoms with van der Waals surface area (Å²) in [6.07, 6.45) is 1.75. The van der Waals surface area contributed by atoms with Gasteiger partial charge >= 0.3 is 0 Å². The molecule has 0 aromatic carbocycles. The topological polar surface area (TPSA) is 18.8 Å². The number of aliphatic imine (C=N–C) groups is 1. The first-order valence-electron chi connectivity index (χ1n) is 2.12. The third-order valence-corrected chi connectivity index (χ3v) is 1.59. The van der Waals surface area contributed by atoms with E-state index in [4.69, 9.17) is 0 Å². The molecule has 0 N–H and O–H groups in total. The van der Waals surface area contributed by atoms with Crippen molar-refractivity contribution in [2.24, 2.45) is 4.99 Å². The predicted molar refractivity (Wildman–Crippen MR) is 39.8 cm³/mol. The molecule has 3 nitrogen and oxygen atoms in total. The number of hydrogen-bond acceptors (Lipinski definition) is 3. The molecule has 0 spiro atoms. The van der Waals surface area contributed by atoms with Crippen molar-refractivity contribution in [1.29, 1.82) is 0 Å². The van der Waals surface area contributed by atoms with Crippen molar-refractivity contribution in [3.63, 3.8) is 0 Å². The second-order valence-corrected chi connectivity index (χ2v) is 3.36. The number of halogens is 2. The Labute approximate surface area is 65.0 Å². The van der Waals surface area contributed by atoms with Crippen molar-refractivity contribution in [1.82, 2.24) is 7.85 Å². The van der Waals surface area contributed by atoms with Crippen LogP contribution < -0.4 is 0 Å². The largest absolute Gasteiger partial charge is 0.284 e. The fourth-order valence-electron chi connectivity index (χ4n) is 0.442. The van der Waals surface area contributed by atoms with Crippen molar-refractivity contribution in [2.75, 3.05) is 13.3 Å². The van der Waals surface area contributed by atoms with E-state index in [9.17, 15) is 0 Å². The van der Waals surface area contributed by atoms with E-state index in [0.29, 0.717) is 0 Å². The summed E-state index contributed by atoms with van der Waals surface area (Å²) < 4.78 is 3.72. The van der Waals surface area contributed by atoms with Gasteiger partial charge in [-0.3, -0.25) is 8.92 Å². The van der Waals surface area contributed by atoms with E-state index < -0.39 is 0 Å². The lowest BCUT2D eigenvalue weighted by Crippen LogP contribution is -2.29. The summed E-state index contributed by atoms with van der Waals surface area (Å²) in [6, 6.07) is 0. The summed E-state index contributed by atoms with van der Waals surface area (Å²) >= 11 is 6.52. The van der Waals surface area contributed by atoms with Gasteiger partial charge in [-0.05, 0) is 0 Å². The zero-order valence-electron chi connectivity index (χ0n) is 4.09. The molecule has 0 aromatic heterocycles. The van der Waals surface area contributed by atoms with Gasteiger partial charge < -0.3 is 0 Å². The Morgan fingerprint density at radius 3 is 2.62 bits per heavy atom. The highest BCUT2D eigenvalue weighted by Gasteiger charge is 2.05. The van der Waals surface area contributed by atoms with E-state index in [1.165, 1.54) is 0 Å². The maximum Gasteiger partial charge on any atom is 0.104 e. The van der Waals surface area contributed by atoms with Crippen LogP contribution in [0.5, 0.6) is 0 Å². The molecule has 0 bridgehead atoms. The number of rotatable bonds is 0. The van der Waals surface area contributed by atoms with Crippen molar-refractivity contribution < 1.29 is 0 Å². The quantitative estimate of drug-likeness (QED) is 0.594. The lowest BCUT2D eigenvalue weighted by atomic mass is 10.8. The lowest BCUT2D eigenvalue weighted by Gasteiger charge is -2.20. The third-order valence-electron chi connectivity index (χ3n) is 0.731. The molecule has 0 saturated carbocycles. The van der Waals surface area contributed by atoms with Crippen molar-refractivity contribution in [3.05, 3.63) is 0 Å². The Kier molecular flexibility index (Phi) is 2.27. The van der Waals surface area contributed by atoms with Crippen LogP contribution in [-0.4, -0.2) is 27.5 Å². The summed E-state index contributed by atoms with van der Waals surface area (Å²) in [6.45, 7) is 1.55. The molecule has 1 heterocycles. The molecule has 8 heavy (non-hydrogen) atoms. The van der Waals surface area contributed by atoms with Crippen molar-refractivity contribution in [3.8, 4) is 0 Å². The molecule has 1 rings (SSSR count). The molecule has 0 fully saturated rings. The van der Waals surface area contributed by atoms with Crippen LogP contribution >= 0.6 is 32.3 Å². The molecular formula is C3H5Br2N3. The van der Waals surface area contributed by atoms with Gasteiger partial charge in [0.15, 0.2) is 0 Å². The van der Waals surface area contributed by atoms with Crippen molar-refractivity contribution in [2.45, 2.75) is 0 Å². The minimum atomic E-state index is 0.724. The first kappa shape index (κ1) is 6.51. The average Bonchev–Trinajstić information content (AvgIpc) is 1.64. The minimum absolute atomic E-state index is 0.724. The fraction of sp³-hybridized carbons (Fsp3) is 0.667. The second-order valence-electron chi connectivity index (χ2n) is 1.44. The normalized spacial score (nSPS) is 22.0. The summed E-state index contributed by atoms with van der Waals surface area (Å²) in [5.41, 5.74) is 0. The van der Waals surface area contributed by atoms with Gasteiger partial charge in [-0.15, -0.1) is 0 Å². The number of hydrogen-bond donors (Lipinski definition) is 0. The third kappa shape index (κ3) is 1.72. The van der Waals surface area contributed by atoms with Gasteiger partial charge in [-0.1, -0.05) is 0 Å². The zero-order chi connectivity index (χ0) is 5.98. The van der Waals surface area contributed by atoms with Crippen LogP contribution in [-0.2, 0) is 0 Å². The van der Waals surface area contributed by atoms with Gasteiger partial charge in [-0.25, -0.2) is 3.93 Å². The molecule has 0 aliphatic carbocycles. The van der Waals surface area contributed by atoms with Gasteiger partial charge in [0.05, 0.1) is 29.2 Å². The molecule has 0 aromatic rings. The molecular weight excluding hydrogens is 238 g/mol. The smallest absolute Gasteiger partial charge is 0.104 e. The van der Waals surface area contributed by atoms with E-state index in [2.05, 4.69) is 37.3 Å². The maximum absolute atomic E-state index is 3.97. The molecule has 1 aliphatic rings. The van der Waals surface area contributed by atoms with Gasteiger partial charge in [0.25, 0.3) is 0 Å². The monoisotopic (exact) mass is 241 g/mol. The zero-order valence-corrected chi connectivity index (χ0v) is 7.26. The summed E-state index contributed by atoms with van der Waals surface area (Å²) in [4.78, 5) is 3.97. The van der Waals surface area contributed by atoms with Gasteiger partial charge in [0.1, 0.15) is 6.67 Å². The minimum Gasteiger partial charge on any atom is -0.284 e. The SMILES string of the molecule is BrN1C=NCN(Br)C1. The Balaban J connectivity index is 2.42. The highest BCUT2D eigenvalue weighted by Crippen LogP contribution is 2.06. The Morgan fingerprint density at radius 1 is 1.50 bits per heavy atom. The molecule has 5 heteroatoms. The molecule has 0 unspecified atom stereocenters. The molecule has 46 valence electrons. The van der Waals surface area contributed by atoms with Crippen LogP contribution in [0.4, 0.5) is 0 Å².